The molecule has 8 heteroatoms. The van der Waals surface area contributed by atoms with Crippen LogP contribution in [0.25, 0.3) is 5.52 Å². The van der Waals surface area contributed by atoms with E-state index in [0.29, 0.717) is 40.9 Å². The van der Waals surface area contributed by atoms with Crippen molar-refractivity contribution in [3.8, 4) is 11.5 Å². The summed E-state index contributed by atoms with van der Waals surface area (Å²) in [5.74, 6) is 0.184. The van der Waals surface area contributed by atoms with Crippen molar-refractivity contribution < 1.29 is 23.8 Å². The van der Waals surface area contributed by atoms with Crippen molar-refractivity contribution in [1.82, 2.24) is 9.38 Å². The Kier molecular flexibility index (Phi) is 5.21. The summed E-state index contributed by atoms with van der Waals surface area (Å²) in [6.07, 6.45) is 4.49. The molecule has 1 aliphatic rings. The second-order valence-electron chi connectivity index (χ2n) is 6.11. The number of rotatable bonds is 5. The summed E-state index contributed by atoms with van der Waals surface area (Å²) in [5, 5.41) is 0.678. The minimum absolute atomic E-state index is 0.191. The zero-order valence-corrected chi connectivity index (χ0v) is 16.0. The molecule has 0 unspecified atom stereocenters. The van der Waals surface area contributed by atoms with Gasteiger partial charge in [-0.05, 0) is 36.6 Å². The Morgan fingerprint density at radius 2 is 2.00 bits per heavy atom. The van der Waals surface area contributed by atoms with Crippen molar-refractivity contribution >= 4 is 29.0 Å². The maximum Gasteiger partial charge on any atom is 0.359 e. The van der Waals surface area contributed by atoms with Crippen LogP contribution in [0.15, 0.2) is 47.8 Å². The van der Waals surface area contributed by atoms with Gasteiger partial charge in [-0.2, -0.15) is 0 Å². The third kappa shape index (κ3) is 3.55. The molecule has 0 radical (unpaired) electrons. The van der Waals surface area contributed by atoms with E-state index < -0.39 is 5.97 Å². The molecule has 0 spiro atoms. The normalized spacial score (nSPS) is 13.2. The Hall–Kier alpha value is -3.00. The lowest BCUT2D eigenvalue weighted by atomic mass is 10.1. The van der Waals surface area contributed by atoms with Crippen molar-refractivity contribution in [2.24, 2.45) is 0 Å². The van der Waals surface area contributed by atoms with E-state index in [1.165, 1.54) is 11.8 Å². The van der Waals surface area contributed by atoms with Crippen LogP contribution in [0, 0.1) is 0 Å². The topological polar surface area (TPSA) is 79.1 Å². The monoisotopic (exact) mass is 398 g/mol. The molecule has 0 fully saturated rings. The molecule has 4 rings (SSSR count). The smallest absolute Gasteiger partial charge is 0.359 e. The first-order chi connectivity index (χ1) is 13.7. The van der Waals surface area contributed by atoms with Gasteiger partial charge in [0.2, 0.25) is 0 Å². The Labute approximate surface area is 165 Å². The van der Waals surface area contributed by atoms with Crippen LogP contribution in [0.4, 0.5) is 0 Å². The van der Waals surface area contributed by atoms with Gasteiger partial charge in [0.05, 0.1) is 18.7 Å². The first-order valence-electron chi connectivity index (χ1n) is 8.78. The molecule has 7 nitrogen and oxygen atoms in total. The number of fused-ring (bicyclic) bond motifs is 2. The average Bonchev–Trinajstić information content (AvgIpc) is 2.94. The highest BCUT2D eigenvalue weighted by Gasteiger charge is 2.20. The van der Waals surface area contributed by atoms with E-state index in [1.807, 2.05) is 29.0 Å². The van der Waals surface area contributed by atoms with Gasteiger partial charge in [0.25, 0.3) is 0 Å². The number of imidazole rings is 1. The molecule has 0 saturated carbocycles. The number of thioether (sulfide) groups is 1. The summed E-state index contributed by atoms with van der Waals surface area (Å²) in [4.78, 5) is 29.3. The summed E-state index contributed by atoms with van der Waals surface area (Å²) >= 11 is 1.42. The third-order valence-electron chi connectivity index (χ3n) is 4.30. The van der Waals surface area contributed by atoms with Gasteiger partial charge >= 0.3 is 5.97 Å². The maximum atomic E-state index is 12.5. The number of Topliss-reactive ketones (excluding diaryl/α,β-unsaturated/α-hetero) is 1. The van der Waals surface area contributed by atoms with Crippen molar-refractivity contribution in [2.75, 3.05) is 26.1 Å². The largest absolute Gasteiger partial charge is 0.490 e. The van der Waals surface area contributed by atoms with Gasteiger partial charge in [0.1, 0.15) is 0 Å². The molecule has 144 valence electrons. The number of hydrogen-bond donors (Lipinski definition) is 0. The van der Waals surface area contributed by atoms with Gasteiger partial charge < -0.3 is 14.2 Å². The van der Waals surface area contributed by atoms with Gasteiger partial charge in [-0.15, -0.1) is 0 Å². The number of benzene rings is 1. The molecule has 28 heavy (non-hydrogen) atoms. The number of aromatic nitrogens is 2. The molecule has 0 bridgehead atoms. The minimum Gasteiger partial charge on any atom is -0.490 e. The summed E-state index contributed by atoms with van der Waals surface area (Å²) in [6.45, 7) is 0.734. The molecular formula is C20H18N2O5S. The summed E-state index contributed by atoms with van der Waals surface area (Å²) in [5.41, 5.74) is 1.23. The number of hydrogen-bond acceptors (Lipinski definition) is 7. The summed E-state index contributed by atoms with van der Waals surface area (Å²) < 4.78 is 18.2. The number of carbonyl (C=O) groups is 2. The minimum atomic E-state index is -0.633. The highest BCUT2D eigenvalue weighted by molar-refractivity contribution is 7.98. The van der Waals surface area contributed by atoms with Crippen molar-refractivity contribution in [3.05, 3.63) is 53.9 Å². The number of ketones is 1. The van der Waals surface area contributed by atoms with E-state index in [0.717, 1.165) is 6.42 Å². The quantitative estimate of drug-likeness (QED) is 0.371. The molecule has 1 aromatic carbocycles. The van der Waals surface area contributed by atoms with Gasteiger partial charge in [0, 0.05) is 18.2 Å². The van der Waals surface area contributed by atoms with E-state index >= 15 is 0 Å². The predicted molar refractivity (Wildman–Crippen MR) is 104 cm³/mol. The molecule has 2 aromatic heterocycles. The van der Waals surface area contributed by atoms with Crippen LogP contribution in [0.5, 0.6) is 11.5 Å². The maximum absolute atomic E-state index is 12.5. The first-order valence-corrected chi connectivity index (χ1v) is 10.0. The van der Waals surface area contributed by atoms with Crippen molar-refractivity contribution in [2.45, 2.75) is 11.6 Å². The number of pyridine rings is 1. The zero-order valence-electron chi connectivity index (χ0n) is 15.2. The Balaban J connectivity index is 1.48. The van der Waals surface area contributed by atoms with Crippen LogP contribution in [0.2, 0.25) is 0 Å². The predicted octanol–water partition coefficient (Wildman–Crippen LogP) is 3.26. The van der Waals surface area contributed by atoms with Crippen LogP contribution in [0.1, 0.15) is 27.3 Å². The second kappa shape index (κ2) is 7.93. The summed E-state index contributed by atoms with van der Waals surface area (Å²) in [6, 6.07) is 10.4. The molecule has 3 heterocycles. The van der Waals surface area contributed by atoms with Crippen LogP contribution in [0.3, 0.4) is 0 Å². The van der Waals surface area contributed by atoms with Crippen molar-refractivity contribution in [1.29, 1.82) is 0 Å². The molecule has 0 saturated heterocycles. The molecule has 3 aromatic rings. The first kappa shape index (κ1) is 18.4. The van der Waals surface area contributed by atoms with Crippen LogP contribution >= 0.6 is 11.8 Å². The van der Waals surface area contributed by atoms with Crippen LogP contribution in [-0.2, 0) is 4.74 Å². The average molecular weight is 398 g/mol. The second-order valence-corrected chi connectivity index (χ2v) is 6.89. The standard InChI is InChI=1S/C20H18N2O5S/c1-28-20-21-18(14-5-2-3-8-22(14)20)19(24)27-12-15(23)13-6-7-16-17(11-13)26-10-4-9-25-16/h2-3,5-8,11H,4,9-10,12H2,1H3. The highest BCUT2D eigenvalue weighted by atomic mass is 32.2. The van der Waals surface area contributed by atoms with Crippen LogP contribution < -0.4 is 9.47 Å². The lowest BCUT2D eigenvalue weighted by Crippen LogP contribution is -2.15. The van der Waals surface area contributed by atoms with Gasteiger partial charge in [-0.25, -0.2) is 9.78 Å². The zero-order chi connectivity index (χ0) is 19.5. The molecule has 0 amide bonds. The number of nitrogens with zero attached hydrogens (tertiary/aromatic N) is 2. The Morgan fingerprint density at radius 1 is 1.18 bits per heavy atom. The number of carbonyl (C=O) groups excluding carboxylic acids is 2. The fraction of sp³-hybridized carbons (Fsp3) is 0.250. The van der Waals surface area contributed by atoms with Crippen LogP contribution in [-0.4, -0.2) is 47.2 Å². The fourth-order valence-corrected chi connectivity index (χ4v) is 3.46. The third-order valence-corrected chi connectivity index (χ3v) is 4.95. The van der Waals surface area contributed by atoms with E-state index in [9.17, 15) is 9.59 Å². The van der Waals surface area contributed by atoms with Crippen molar-refractivity contribution in [3.63, 3.8) is 0 Å². The van der Waals surface area contributed by atoms with Gasteiger partial charge in [-0.1, -0.05) is 17.8 Å². The molecule has 0 atom stereocenters. The number of ether oxygens (including phenoxy) is 3. The Morgan fingerprint density at radius 3 is 2.82 bits per heavy atom. The summed E-state index contributed by atoms with van der Waals surface area (Å²) in [7, 11) is 0. The fourth-order valence-electron chi connectivity index (χ4n) is 2.92. The van der Waals surface area contributed by atoms with Gasteiger partial charge in [0.15, 0.2) is 34.7 Å². The molecular weight excluding hydrogens is 380 g/mol. The SMILES string of the molecule is CSc1nc(C(=O)OCC(=O)c2ccc3c(c2)OCCCO3)c2ccccn12. The van der Waals surface area contributed by atoms with E-state index in [-0.39, 0.29) is 18.1 Å². The van der Waals surface area contributed by atoms with Gasteiger partial charge in [-0.3, -0.25) is 9.20 Å². The highest BCUT2D eigenvalue weighted by Crippen LogP contribution is 2.30. The number of esters is 1. The Bertz CT molecular complexity index is 1050. The molecule has 0 aliphatic carbocycles. The van der Waals surface area contributed by atoms with E-state index in [2.05, 4.69) is 4.98 Å². The lowest BCUT2D eigenvalue weighted by Gasteiger charge is -2.09. The molecule has 1 aliphatic heterocycles. The lowest BCUT2D eigenvalue weighted by molar-refractivity contribution is 0.0471. The van der Waals surface area contributed by atoms with E-state index in [4.69, 9.17) is 14.2 Å². The molecule has 0 N–H and O–H groups in total. The van der Waals surface area contributed by atoms with E-state index in [1.54, 1.807) is 24.3 Å².